The summed E-state index contributed by atoms with van der Waals surface area (Å²) in [6, 6.07) is 5.67. The summed E-state index contributed by atoms with van der Waals surface area (Å²) in [7, 11) is -1.25. The average molecular weight is 378 g/mol. The summed E-state index contributed by atoms with van der Waals surface area (Å²) < 4.78 is 26.4. The highest BCUT2D eigenvalue weighted by molar-refractivity contribution is 7.92. The Morgan fingerprint density at radius 2 is 1.92 bits per heavy atom. The summed E-state index contributed by atoms with van der Waals surface area (Å²) in [5.41, 5.74) is 2.59. The van der Waals surface area contributed by atoms with Gasteiger partial charge in [-0.2, -0.15) is 0 Å². The van der Waals surface area contributed by atoms with Crippen LogP contribution in [0.25, 0.3) is 0 Å². The lowest BCUT2D eigenvalue weighted by atomic mass is 9.89. The Morgan fingerprint density at radius 1 is 1.19 bits per heavy atom. The first kappa shape index (κ1) is 17.8. The molecule has 0 radical (unpaired) electrons. The lowest BCUT2D eigenvalue weighted by molar-refractivity contribution is -0.119. The zero-order valence-electron chi connectivity index (χ0n) is 15.4. The van der Waals surface area contributed by atoms with Gasteiger partial charge in [-0.1, -0.05) is 12.8 Å². The van der Waals surface area contributed by atoms with Gasteiger partial charge in [0.05, 0.1) is 18.0 Å². The lowest BCUT2D eigenvalue weighted by Gasteiger charge is -2.36. The van der Waals surface area contributed by atoms with Gasteiger partial charge in [0.25, 0.3) is 0 Å². The third kappa shape index (κ3) is 3.11. The Kier molecular flexibility index (Phi) is 4.47. The summed E-state index contributed by atoms with van der Waals surface area (Å²) in [6.07, 6.45) is 6.30. The van der Waals surface area contributed by atoms with Crippen molar-refractivity contribution in [2.45, 2.75) is 44.1 Å². The molecule has 1 aromatic carbocycles. The van der Waals surface area contributed by atoms with Crippen molar-refractivity contribution >= 4 is 27.3 Å². The molecule has 7 heteroatoms. The van der Waals surface area contributed by atoms with Gasteiger partial charge in [0.15, 0.2) is 0 Å². The Hall–Kier alpha value is -1.60. The monoisotopic (exact) mass is 377 g/mol. The molecule has 1 saturated heterocycles. The third-order valence-corrected chi connectivity index (χ3v) is 7.28. The predicted molar refractivity (Wildman–Crippen MR) is 103 cm³/mol. The van der Waals surface area contributed by atoms with E-state index in [4.69, 9.17) is 0 Å². The standard InChI is InChI=1S/C19H27N3O3S/c1-21-10-9-18-16(12-21)15-11-14(20-19(23)13-5-3-4-6-13)7-8-17(15)22(18)26(2,24)25/h7-8,11,13,16,18H,3-6,9-10,12H2,1-2H3,(H,20,23). The summed E-state index contributed by atoms with van der Waals surface area (Å²) >= 11 is 0. The van der Waals surface area contributed by atoms with Crippen molar-refractivity contribution in [3.63, 3.8) is 0 Å². The van der Waals surface area contributed by atoms with Crippen molar-refractivity contribution in [3.05, 3.63) is 23.8 Å². The molecule has 1 saturated carbocycles. The molecule has 142 valence electrons. The number of anilines is 2. The van der Waals surface area contributed by atoms with E-state index >= 15 is 0 Å². The summed E-state index contributed by atoms with van der Waals surface area (Å²) in [5, 5.41) is 3.05. The number of likely N-dealkylation sites (tertiary alicyclic amines) is 1. The molecule has 1 N–H and O–H groups in total. The fraction of sp³-hybridized carbons (Fsp3) is 0.632. The number of carbonyl (C=O) groups excluding carboxylic acids is 1. The van der Waals surface area contributed by atoms with Gasteiger partial charge in [0, 0.05) is 24.1 Å². The summed E-state index contributed by atoms with van der Waals surface area (Å²) in [6.45, 7) is 1.73. The molecule has 3 aliphatic rings. The van der Waals surface area contributed by atoms with E-state index in [0.29, 0.717) is 0 Å². The molecule has 0 bridgehead atoms. The van der Waals surface area contributed by atoms with Crippen molar-refractivity contribution in [1.29, 1.82) is 0 Å². The number of hydrogen-bond acceptors (Lipinski definition) is 4. The molecule has 1 aromatic rings. The van der Waals surface area contributed by atoms with Crippen LogP contribution in [0.15, 0.2) is 18.2 Å². The first-order valence-electron chi connectivity index (χ1n) is 9.47. The average Bonchev–Trinajstić information content (AvgIpc) is 3.20. The third-order valence-electron chi connectivity index (χ3n) is 6.10. The first-order chi connectivity index (χ1) is 12.3. The number of carbonyl (C=O) groups is 1. The highest BCUT2D eigenvalue weighted by atomic mass is 32.2. The molecular formula is C19H27N3O3S. The van der Waals surface area contributed by atoms with Gasteiger partial charge in [0.2, 0.25) is 15.9 Å². The number of piperidine rings is 1. The molecule has 2 heterocycles. The zero-order valence-corrected chi connectivity index (χ0v) is 16.3. The highest BCUT2D eigenvalue weighted by Gasteiger charge is 2.45. The largest absolute Gasteiger partial charge is 0.326 e. The van der Waals surface area contributed by atoms with E-state index < -0.39 is 10.0 Å². The molecule has 0 aromatic heterocycles. The van der Waals surface area contributed by atoms with Crippen LogP contribution in [-0.2, 0) is 14.8 Å². The molecule has 1 amide bonds. The van der Waals surface area contributed by atoms with Crippen LogP contribution in [0.3, 0.4) is 0 Å². The van der Waals surface area contributed by atoms with E-state index in [1.54, 1.807) is 4.31 Å². The maximum Gasteiger partial charge on any atom is 0.232 e. The fourth-order valence-electron chi connectivity index (χ4n) is 4.85. The number of nitrogens with zero attached hydrogens (tertiary/aromatic N) is 2. The van der Waals surface area contributed by atoms with Crippen molar-refractivity contribution in [2.24, 2.45) is 5.92 Å². The van der Waals surface area contributed by atoms with E-state index in [2.05, 4.69) is 17.3 Å². The van der Waals surface area contributed by atoms with Crippen LogP contribution in [-0.4, -0.2) is 51.7 Å². The van der Waals surface area contributed by atoms with Crippen LogP contribution < -0.4 is 9.62 Å². The molecule has 26 heavy (non-hydrogen) atoms. The SMILES string of the molecule is CN1CCC2C(C1)c1cc(NC(=O)C3CCCC3)ccc1N2S(C)(=O)=O. The minimum Gasteiger partial charge on any atom is -0.326 e. The summed E-state index contributed by atoms with van der Waals surface area (Å²) in [5.74, 6) is 0.365. The second-order valence-electron chi connectivity index (χ2n) is 8.03. The van der Waals surface area contributed by atoms with Crippen LogP contribution in [0.4, 0.5) is 11.4 Å². The van der Waals surface area contributed by atoms with E-state index in [1.807, 2.05) is 18.2 Å². The Bertz CT molecular complexity index is 817. The number of benzene rings is 1. The number of rotatable bonds is 3. The van der Waals surface area contributed by atoms with E-state index in [9.17, 15) is 13.2 Å². The molecule has 2 atom stereocenters. The maximum atomic E-state index is 12.4. The number of likely N-dealkylation sites (N-methyl/N-ethyl adjacent to an activating group) is 1. The smallest absolute Gasteiger partial charge is 0.232 e. The van der Waals surface area contributed by atoms with Gasteiger partial charge in [-0.3, -0.25) is 9.10 Å². The zero-order chi connectivity index (χ0) is 18.5. The molecule has 2 unspecified atom stereocenters. The predicted octanol–water partition coefficient (Wildman–Crippen LogP) is 2.38. The molecule has 1 aliphatic carbocycles. The van der Waals surface area contributed by atoms with Crippen LogP contribution in [0.1, 0.15) is 43.6 Å². The molecular weight excluding hydrogens is 350 g/mol. The first-order valence-corrected chi connectivity index (χ1v) is 11.3. The molecule has 0 spiro atoms. The van der Waals surface area contributed by atoms with E-state index in [0.717, 1.165) is 62.1 Å². The number of sulfonamides is 1. The second kappa shape index (κ2) is 6.53. The van der Waals surface area contributed by atoms with Gasteiger partial charge < -0.3 is 10.2 Å². The fourth-order valence-corrected chi connectivity index (χ4v) is 6.12. The van der Waals surface area contributed by atoms with Gasteiger partial charge >= 0.3 is 0 Å². The van der Waals surface area contributed by atoms with Gasteiger partial charge in [-0.05, 0) is 56.6 Å². The Labute approximate surface area is 155 Å². The van der Waals surface area contributed by atoms with Gasteiger partial charge in [-0.25, -0.2) is 8.42 Å². The summed E-state index contributed by atoms with van der Waals surface area (Å²) in [4.78, 5) is 14.7. The van der Waals surface area contributed by atoms with Crippen LogP contribution in [0.2, 0.25) is 0 Å². The molecule has 4 rings (SSSR count). The van der Waals surface area contributed by atoms with Crippen molar-refractivity contribution in [3.8, 4) is 0 Å². The van der Waals surface area contributed by atoms with Crippen molar-refractivity contribution in [2.75, 3.05) is 36.0 Å². The van der Waals surface area contributed by atoms with Crippen LogP contribution in [0.5, 0.6) is 0 Å². The maximum absolute atomic E-state index is 12.4. The van der Waals surface area contributed by atoms with Crippen molar-refractivity contribution < 1.29 is 13.2 Å². The molecule has 6 nitrogen and oxygen atoms in total. The number of amides is 1. The van der Waals surface area contributed by atoms with Gasteiger partial charge in [-0.15, -0.1) is 0 Å². The minimum absolute atomic E-state index is 0.0167. The Morgan fingerprint density at radius 3 is 2.62 bits per heavy atom. The lowest BCUT2D eigenvalue weighted by Crippen LogP contribution is -2.46. The number of nitrogens with one attached hydrogen (secondary N) is 1. The second-order valence-corrected chi connectivity index (χ2v) is 9.89. The van der Waals surface area contributed by atoms with Gasteiger partial charge in [0.1, 0.15) is 0 Å². The van der Waals surface area contributed by atoms with Crippen molar-refractivity contribution in [1.82, 2.24) is 4.90 Å². The van der Waals surface area contributed by atoms with E-state index in [-0.39, 0.29) is 23.8 Å². The molecule has 2 aliphatic heterocycles. The number of hydrogen-bond donors (Lipinski definition) is 1. The minimum atomic E-state index is -3.33. The van der Waals surface area contributed by atoms with Crippen LogP contribution >= 0.6 is 0 Å². The molecule has 2 fully saturated rings. The Balaban J connectivity index is 1.65. The quantitative estimate of drug-likeness (QED) is 0.878. The topological polar surface area (TPSA) is 69.7 Å². The normalized spacial score (nSPS) is 26.6. The van der Waals surface area contributed by atoms with Crippen LogP contribution in [0, 0.1) is 5.92 Å². The highest BCUT2D eigenvalue weighted by Crippen LogP contribution is 2.46. The van der Waals surface area contributed by atoms with E-state index in [1.165, 1.54) is 6.26 Å². The number of fused-ring (bicyclic) bond motifs is 3.